The Hall–Kier alpha value is -1.61. The minimum absolute atomic E-state index is 0.0248. The van der Waals surface area contributed by atoms with Crippen molar-refractivity contribution < 1.29 is 18.3 Å². The van der Waals surface area contributed by atoms with Gasteiger partial charge in [-0.15, -0.1) is 0 Å². The summed E-state index contributed by atoms with van der Waals surface area (Å²) in [4.78, 5) is 20.2. The van der Waals surface area contributed by atoms with Gasteiger partial charge in [0, 0.05) is 25.2 Å². The van der Waals surface area contributed by atoms with Crippen molar-refractivity contribution in [3.63, 3.8) is 0 Å². The third-order valence-corrected chi connectivity index (χ3v) is 4.86. The number of hydrogen-bond acceptors (Lipinski definition) is 5. The number of carbonyl (C=O) groups excluding carboxylic acids is 1. The maximum absolute atomic E-state index is 12.5. The summed E-state index contributed by atoms with van der Waals surface area (Å²) < 4.78 is 30.5. The van der Waals surface area contributed by atoms with Crippen LogP contribution in [0.3, 0.4) is 0 Å². The topological polar surface area (TPSA) is 63.5 Å². The molecule has 2 atom stereocenters. The van der Waals surface area contributed by atoms with Crippen LogP contribution >= 0.6 is 0 Å². The lowest BCUT2D eigenvalue weighted by atomic mass is 9.82. The van der Waals surface area contributed by atoms with Crippen molar-refractivity contribution in [1.29, 1.82) is 0 Å². The molecule has 9 heteroatoms. The first-order valence-electron chi connectivity index (χ1n) is 7.75. The monoisotopic (exact) mass is 329 g/mol. The normalized spacial score (nSPS) is 28.1. The summed E-state index contributed by atoms with van der Waals surface area (Å²) in [7, 11) is 0. The van der Waals surface area contributed by atoms with Crippen LogP contribution < -0.4 is 0 Å². The second-order valence-electron chi connectivity index (χ2n) is 6.47. The predicted molar refractivity (Wildman–Crippen MR) is 77.1 cm³/mol. The number of hydrogen-bond donors (Lipinski definition) is 0. The van der Waals surface area contributed by atoms with Crippen LogP contribution in [0, 0.1) is 0 Å². The summed E-state index contributed by atoms with van der Waals surface area (Å²) in [6.07, 6.45) is 4.19. The zero-order valence-electron chi connectivity index (χ0n) is 13.2. The molecule has 128 valence electrons. The molecule has 0 bridgehead atoms. The molecule has 7 nitrogen and oxygen atoms in total. The SMILES string of the molecule is CC(C)N1CC2(CCN2C(=O)n2cncn2)CC1COC(F)F. The van der Waals surface area contributed by atoms with Crippen molar-refractivity contribution in [2.45, 2.75) is 50.9 Å². The largest absolute Gasteiger partial charge is 0.346 e. The number of amides is 1. The number of rotatable bonds is 4. The van der Waals surface area contributed by atoms with Gasteiger partial charge in [0.2, 0.25) is 0 Å². The Bertz CT molecular complexity index is 553. The van der Waals surface area contributed by atoms with E-state index < -0.39 is 6.61 Å². The predicted octanol–water partition coefficient (Wildman–Crippen LogP) is 1.41. The molecule has 2 aliphatic heterocycles. The highest BCUT2D eigenvalue weighted by Gasteiger charge is 2.55. The van der Waals surface area contributed by atoms with Crippen LogP contribution in [0.4, 0.5) is 13.6 Å². The van der Waals surface area contributed by atoms with E-state index in [1.807, 2.05) is 13.8 Å². The summed E-state index contributed by atoms with van der Waals surface area (Å²) in [5, 5.41) is 3.88. The van der Waals surface area contributed by atoms with Gasteiger partial charge in [-0.05, 0) is 26.7 Å². The van der Waals surface area contributed by atoms with Crippen molar-refractivity contribution in [2.75, 3.05) is 19.7 Å². The van der Waals surface area contributed by atoms with E-state index in [1.165, 1.54) is 17.3 Å². The Balaban J connectivity index is 1.73. The first kappa shape index (κ1) is 16.3. The summed E-state index contributed by atoms with van der Waals surface area (Å²) in [6, 6.07) is -0.132. The van der Waals surface area contributed by atoms with Crippen molar-refractivity contribution in [2.24, 2.45) is 0 Å². The van der Waals surface area contributed by atoms with Gasteiger partial charge in [0.15, 0.2) is 0 Å². The molecule has 1 spiro atoms. The Kier molecular flexibility index (Phi) is 4.33. The number of aromatic nitrogens is 3. The first-order chi connectivity index (χ1) is 10.9. The van der Waals surface area contributed by atoms with Gasteiger partial charge in [0.05, 0.1) is 12.1 Å². The highest BCUT2D eigenvalue weighted by Crippen LogP contribution is 2.43. The molecule has 23 heavy (non-hydrogen) atoms. The van der Waals surface area contributed by atoms with Gasteiger partial charge in [-0.2, -0.15) is 18.6 Å². The van der Waals surface area contributed by atoms with E-state index in [2.05, 4.69) is 19.7 Å². The van der Waals surface area contributed by atoms with Gasteiger partial charge < -0.3 is 9.64 Å². The molecular weight excluding hydrogens is 308 g/mol. The molecule has 2 aliphatic rings. The molecule has 2 unspecified atom stereocenters. The molecule has 2 saturated heterocycles. The van der Waals surface area contributed by atoms with Crippen molar-refractivity contribution in [3.8, 4) is 0 Å². The van der Waals surface area contributed by atoms with E-state index in [0.717, 1.165) is 6.42 Å². The number of carbonyl (C=O) groups is 1. The lowest BCUT2D eigenvalue weighted by molar-refractivity contribution is -0.140. The molecule has 3 heterocycles. The lowest BCUT2D eigenvalue weighted by Gasteiger charge is -2.50. The highest BCUT2D eigenvalue weighted by molar-refractivity contribution is 5.77. The van der Waals surface area contributed by atoms with E-state index in [1.54, 1.807) is 4.90 Å². The molecule has 0 N–H and O–H groups in total. The third kappa shape index (κ3) is 2.94. The van der Waals surface area contributed by atoms with Crippen LogP contribution in [-0.4, -0.2) is 74.5 Å². The van der Waals surface area contributed by atoms with Gasteiger partial charge >= 0.3 is 12.6 Å². The fourth-order valence-corrected chi connectivity index (χ4v) is 3.68. The number of ether oxygens (including phenoxy) is 1. The van der Waals surface area contributed by atoms with E-state index in [4.69, 9.17) is 0 Å². The number of nitrogens with zero attached hydrogens (tertiary/aromatic N) is 5. The van der Waals surface area contributed by atoms with Crippen LogP contribution in [0.25, 0.3) is 0 Å². The molecule has 2 fully saturated rings. The first-order valence-corrected chi connectivity index (χ1v) is 7.75. The van der Waals surface area contributed by atoms with Crippen molar-refractivity contribution in [3.05, 3.63) is 12.7 Å². The Labute approximate surface area is 133 Å². The van der Waals surface area contributed by atoms with E-state index >= 15 is 0 Å². The molecule has 0 radical (unpaired) electrons. The summed E-state index contributed by atoms with van der Waals surface area (Å²) in [6.45, 7) is 2.57. The molecule has 1 amide bonds. The van der Waals surface area contributed by atoms with Crippen LogP contribution in [0.2, 0.25) is 0 Å². The Morgan fingerprint density at radius 3 is 2.78 bits per heavy atom. The number of alkyl halides is 2. The molecule has 0 aliphatic carbocycles. The second kappa shape index (κ2) is 6.12. The number of halogens is 2. The van der Waals surface area contributed by atoms with Crippen LogP contribution in [0.5, 0.6) is 0 Å². The average Bonchev–Trinajstić information content (AvgIpc) is 3.12. The minimum atomic E-state index is -2.77. The van der Waals surface area contributed by atoms with Gasteiger partial charge in [-0.1, -0.05) is 0 Å². The molecule has 3 rings (SSSR count). The summed E-state index contributed by atoms with van der Waals surface area (Å²) in [5.41, 5.74) is -0.316. The standard InChI is InChI=1S/C14H21F2N5O2/c1-10(2)19-7-14(5-11(19)6-23-12(15)16)3-4-20(14)13(22)21-9-17-8-18-21/h8-12H,3-7H2,1-2H3. The van der Waals surface area contributed by atoms with Crippen LogP contribution in [0.15, 0.2) is 12.7 Å². The van der Waals surface area contributed by atoms with Crippen molar-refractivity contribution >= 4 is 6.03 Å². The van der Waals surface area contributed by atoms with Gasteiger partial charge in [-0.3, -0.25) is 4.90 Å². The summed E-state index contributed by atoms with van der Waals surface area (Å²) in [5.74, 6) is 0. The Morgan fingerprint density at radius 2 is 2.26 bits per heavy atom. The minimum Gasteiger partial charge on any atom is -0.321 e. The summed E-state index contributed by atoms with van der Waals surface area (Å²) >= 11 is 0. The van der Waals surface area contributed by atoms with Gasteiger partial charge in [-0.25, -0.2) is 9.78 Å². The third-order valence-electron chi connectivity index (χ3n) is 4.86. The maximum atomic E-state index is 12.5. The molecule has 0 aromatic carbocycles. The lowest BCUT2D eigenvalue weighted by Crippen LogP contribution is -2.64. The number of likely N-dealkylation sites (tertiary alicyclic amines) is 2. The quantitative estimate of drug-likeness (QED) is 0.836. The fraction of sp³-hybridized carbons (Fsp3) is 0.786. The maximum Gasteiger partial charge on any atom is 0.346 e. The van der Waals surface area contributed by atoms with E-state index in [-0.39, 0.29) is 30.3 Å². The zero-order valence-corrected chi connectivity index (χ0v) is 13.2. The Morgan fingerprint density at radius 1 is 1.48 bits per heavy atom. The van der Waals surface area contributed by atoms with Crippen LogP contribution in [0.1, 0.15) is 26.7 Å². The molecular formula is C14H21F2N5O2. The van der Waals surface area contributed by atoms with E-state index in [9.17, 15) is 13.6 Å². The highest BCUT2D eigenvalue weighted by atomic mass is 19.3. The molecule has 1 aromatic rings. The fourth-order valence-electron chi connectivity index (χ4n) is 3.68. The van der Waals surface area contributed by atoms with Gasteiger partial charge in [0.25, 0.3) is 0 Å². The zero-order chi connectivity index (χ0) is 16.6. The van der Waals surface area contributed by atoms with E-state index in [0.29, 0.717) is 19.5 Å². The smallest absolute Gasteiger partial charge is 0.321 e. The second-order valence-corrected chi connectivity index (χ2v) is 6.47. The molecule has 0 saturated carbocycles. The van der Waals surface area contributed by atoms with Crippen molar-refractivity contribution in [1.82, 2.24) is 24.6 Å². The van der Waals surface area contributed by atoms with Crippen LogP contribution in [-0.2, 0) is 4.74 Å². The van der Waals surface area contributed by atoms with Gasteiger partial charge in [0.1, 0.15) is 12.7 Å². The molecule has 1 aromatic heterocycles. The average molecular weight is 329 g/mol.